The molecular weight excluding hydrogens is 228 g/mol. The van der Waals surface area contributed by atoms with Gasteiger partial charge in [-0.25, -0.2) is 0 Å². The van der Waals surface area contributed by atoms with Crippen molar-refractivity contribution in [1.82, 2.24) is 9.88 Å². The topological polar surface area (TPSA) is 53.4 Å². The molecule has 0 spiro atoms. The molecule has 4 nitrogen and oxygen atoms in total. The highest BCUT2D eigenvalue weighted by Crippen LogP contribution is 2.24. The van der Waals surface area contributed by atoms with E-state index < -0.39 is 6.10 Å². The van der Waals surface area contributed by atoms with Gasteiger partial charge in [-0.2, -0.15) is 0 Å². The summed E-state index contributed by atoms with van der Waals surface area (Å²) in [5.74, 6) is -0.0270. The first-order chi connectivity index (χ1) is 8.61. The zero-order chi connectivity index (χ0) is 13.1. The smallest absolute Gasteiger partial charge is 0.254 e. The van der Waals surface area contributed by atoms with Crippen LogP contribution in [0.4, 0.5) is 0 Å². The van der Waals surface area contributed by atoms with Crippen LogP contribution in [0.5, 0.6) is 0 Å². The Bertz CT molecular complexity index is 434. The van der Waals surface area contributed by atoms with Crippen LogP contribution in [0.3, 0.4) is 0 Å². The molecule has 2 rings (SSSR count). The van der Waals surface area contributed by atoms with Crippen LogP contribution < -0.4 is 0 Å². The first kappa shape index (κ1) is 13.0. The molecule has 1 aromatic rings. The van der Waals surface area contributed by atoms with Gasteiger partial charge >= 0.3 is 0 Å². The van der Waals surface area contributed by atoms with Crippen LogP contribution in [0.15, 0.2) is 18.5 Å². The van der Waals surface area contributed by atoms with Crippen molar-refractivity contribution in [3.63, 3.8) is 0 Å². The monoisotopic (exact) mass is 248 g/mol. The van der Waals surface area contributed by atoms with E-state index in [1.807, 2.05) is 6.92 Å². The van der Waals surface area contributed by atoms with Crippen molar-refractivity contribution < 1.29 is 9.90 Å². The number of aliphatic hydroxyl groups is 1. The summed E-state index contributed by atoms with van der Waals surface area (Å²) in [6.07, 6.45) is 6.73. The first-order valence-corrected chi connectivity index (χ1v) is 6.47. The number of aliphatic hydroxyl groups excluding tert-OH is 1. The summed E-state index contributed by atoms with van der Waals surface area (Å²) in [5.41, 5.74) is 1.55. The molecule has 0 aromatic carbocycles. The molecule has 0 saturated heterocycles. The normalized spacial score (nSPS) is 23.7. The first-order valence-electron chi connectivity index (χ1n) is 6.47. The number of carbonyl (C=O) groups excluding carboxylic acids is 1. The van der Waals surface area contributed by atoms with Crippen LogP contribution in [0.1, 0.15) is 41.6 Å². The number of likely N-dealkylation sites (N-methyl/N-ethyl adjacent to an activating group) is 1. The Morgan fingerprint density at radius 1 is 1.44 bits per heavy atom. The molecule has 1 fully saturated rings. The van der Waals surface area contributed by atoms with Gasteiger partial charge in [-0.05, 0) is 31.4 Å². The van der Waals surface area contributed by atoms with E-state index in [0.717, 1.165) is 31.2 Å². The number of pyridine rings is 1. The molecule has 18 heavy (non-hydrogen) atoms. The summed E-state index contributed by atoms with van der Waals surface area (Å²) in [5, 5.41) is 10.00. The summed E-state index contributed by atoms with van der Waals surface area (Å²) in [4.78, 5) is 18.1. The molecule has 1 amide bonds. The number of aryl methyl sites for hydroxylation is 1. The van der Waals surface area contributed by atoms with Crippen molar-refractivity contribution in [2.75, 3.05) is 7.05 Å². The van der Waals surface area contributed by atoms with Gasteiger partial charge in [-0.3, -0.25) is 9.78 Å². The summed E-state index contributed by atoms with van der Waals surface area (Å²) < 4.78 is 0. The van der Waals surface area contributed by atoms with Gasteiger partial charge in [0.05, 0.1) is 12.1 Å². The second-order valence-corrected chi connectivity index (χ2v) is 5.03. The third-order valence-electron chi connectivity index (χ3n) is 3.76. The van der Waals surface area contributed by atoms with Gasteiger partial charge < -0.3 is 10.0 Å². The van der Waals surface area contributed by atoms with E-state index in [1.54, 1.807) is 30.4 Å². The number of rotatable bonds is 2. The maximum Gasteiger partial charge on any atom is 0.254 e. The second-order valence-electron chi connectivity index (χ2n) is 5.03. The fraction of sp³-hybridized carbons (Fsp3) is 0.571. The third-order valence-corrected chi connectivity index (χ3v) is 3.76. The molecule has 1 N–H and O–H groups in total. The van der Waals surface area contributed by atoms with E-state index in [9.17, 15) is 9.90 Å². The Labute approximate surface area is 108 Å². The average Bonchev–Trinajstić information content (AvgIpc) is 2.38. The molecule has 0 radical (unpaired) electrons. The van der Waals surface area contributed by atoms with Crippen molar-refractivity contribution in [1.29, 1.82) is 0 Å². The Balaban J connectivity index is 2.16. The third kappa shape index (κ3) is 2.53. The summed E-state index contributed by atoms with van der Waals surface area (Å²) in [6.45, 7) is 1.88. The number of carbonyl (C=O) groups is 1. The predicted octanol–water partition coefficient (Wildman–Crippen LogP) is 1.77. The van der Waals surface area contributed by atoms with E-state index in [4.69, 9.17) is 0 Å². The van der Waals surface area contributed by atoms with Crippen molar-refractivity contribution in [2.45, 2.75) is 44.8 Å². The lowest BCUT2D eigenvalue weighted by atomic mass is 9.91. The van der Waals surface area contributed by atoms with E-state index in [2.05, 4.69) is 4.98 Å². The highest BCUT2D eigenvalue weighted by atomic mass is 16.3. The van der Waals surface area contributed by atoms with E-state index in [1.165, 1.54) is 0 Å². The maximum absolute atomic E-state index is 12.4. The van der Waals surface area contributed by atoms with Gasteiger partial charge in [-0.15, -0.1) is 0 Å². The lowest BCUT2D eigenvalue weighted by molar-refractivity contribution is 0.0267. The molecular formula is C14H20N2O2. The van der Waals surface area contributed by atoms with Crippen LogP contribution in [-0.2, 0) is 0 Å². The minimum absolute atomic E-state index is 0.0270. The van der Waals surface area contributed by atoms with Gasteiger partial charge in [0.1, 0.15) is 0 Å². The largest absolute Gasteiger partial charge is 0.391 e. The molecule has 98 valence electrons. The van der Waals surface area contributed by atoms with Crippen molar-refractivity contribution in [3.05, 3.63) is 29.6 Å². The lowest BCUT2D eigenvalue weighted by Gasteiger charge is -2.35. The minimum Gasteiger partial charge on any atom is -0.391 e. The fourth-order valence-corrected chi connectivity index (χ4v) is 2.60. The van der Waals surface area contributed by atoms with E-state index in [0.29, 0.717) is 5.56 Å². The van der Waals surface area contributed by atoms with Crippen LogP contribution in [-0.4, -0.2) is 40.1 Å². The van der Waals surface area contributed by atoms with Gasteiger partial charge in [0.25, 0.3) is 5.91 Å². The van der Waals surface area contributed by atoms with E-state index >= 15 is 0 Å². The Kier molecular flexibility index (Phi) is 3.97. The predicted molar refractivity (Wildman–Crippen MR) is 69.3 cm³/mol. The molecule has 1 aliphatic rings. The second kappa shape index (κ2) is 5.48. The molecule has 1 aromatic heterocycles. The molecule has 4 heteroatoms. The maximum atomic E-state index is 12.4. The fourth-order valence-electron chi connectivity index (χ4n) is 2.60. The quantitative estimate of drug-likeness (QED) is 0.867. The van der Waals surface area contributed by atoms with Crippen molar-refractivity contribution in [3.8, 4) is 0 Å². The Hall–Kier alpha value is -1.42. The number of aromatic nitrogens is 1. The summed E-state index contributed by atoms with van der Waals surface area (Å²) >= 11 is 0. The molecule has 0 bridgehead atoms. The Morgan fingerprint density at radius 2 is 2.17 bits per heavy atom. The molecule has 2 atom stereocenters. The molecule has 2 unspecified atom stereocenters. The SMILES string of the molecule is Cc1cnccc1C(=O)N(C)C1CCCCC1O. The van der Waals surface area contributed by atoms with Crippen LogP contribution in [0.25, 0.3) is 0 Å². The number of hydrogen-bond donors (Lipinski definition) is 1. The molecule has 1 heterocycles. The van der Waals surface area contributed by atoms with Crippen LogP contribution in [0, 0.1) is 6.92 Å². The van der Waals surface area contributed by atoms with Gasteiger partial charge in [0, 0.05) is 25.0 Å². The van der Waals surface area contributed by atoms with Crippen molar-refractivity contribution >= 4 is 5.91 Å². The van der Waals surface area contributed by atoms with Crippen molar-refractivity contribution in [2.24, 2.45) is 0 Å². The zero-order valence-corrected chi connectivity index (χ0v) is 11.0. The Morgan fingerprint density at radius 3 is 2.83 bits per heavy atom. The van der Waals surface area contributed by atoms with Gasteiger partial charge in [0.15, 0.2) is 0 Å². The standard InChI is InChI=1S/C14H20N2O2/c1-10-9-15-8-7-11(10)14(18)16(2)12-5-3-4-6-13(12)17/h7-9,12-13,17H,3-6H2,1-2H3. The molecule has 0 aliphatic heterocycles. The zero-order valence-electron chi connectivity index (χ0n) is 11.0. The highest BCUT2D eigenvalue weighted by molar-refractivity contribution is 5.95. The van der Waals surface area contributed by atoms with Gasteiger partial charge in [-0.1, -0.05) is 12.8 Å². The molecule has 1 saturated carbocycles. The molecule has 1 aliphatic carbocycles. The minimum atomic E-state index is -0.394. The number of hydrogen-bond acceptors (Lipinski definition) is 3. The van der Waals surface area contributed by atoms with Crippen LogP contribution in [0.2, 0.25) is 0 Å². The lowest BCUT2D eigenvalue weighted by Crippen LogP contribution is -2.46. The number of nitrogens with zero attached hydrogens (tertiary/aromatic N) is 2. The van der Waals surface area contributed by atoms with Gasteiger partial charge in [0.2, 0.25) is 0 Å². The van der Waals surface area contributed by atoms with E-state index in [-0.39, 0.29) is 11.9 Å². The highest BCUT2D eigenvalue weighted by Gasteiger charge is 2.30. The average molecular weight is 248 g/mol. The summed E-state index contributed by atoms with van der Waals surface area (Å²) in [6, 6.07) is 1.68. The number of amides is 1. The summed E-state index contributed by atoms with van der Waals surface area (Å²) in [7, 11) is 1.78. The van der Waals surface area contributed by atoms with Crippen LogP contribution >= 0.6 is 0 Å².